The highest BCUT2D eigenvalue weighted by atomic mass is 15.2. The second-order valence-electron chi connectivity index (χ2n) is 12.2. The molecule has 6 heteroatoms. The molecule has 46 heavy (non-hydrogen) atoms. The van der Waals surface area contributed by atoms with Crippen molar-refractivity contribution in [2.75, 3.05) is 0 Å². The largest absolute Gasteiger partial charge is 0.278 e. The first-order chi connectivity index (χ1) is 22.6. The Bertz CT molecular complexity index is 2370. The summed E-state index contributed by atoms with van der Waals surface area (Å²) in [6, 6.07) is 41.7. The molecule has 3 heterocycles. The molecule has 0 aliphatic heterocycles. The van der Waals surface area contributed by atoms with Gasteiger partial charge in [0.1, 0.15) is 0 Å². The van der Waals surface area contributed by atoms with Gasteiger partial charge in [-0.3, -0.25) is 4.57 Å². The Morgan fingerprint density at radius 2 is 1.07 bits per heavy atom. The molecule has 5 aromatic carbocycles. The zero-order chi connectivity index (χ0) is 30.8. The Hall–Kier alpha value is -6.01. The molecule has 0 fully saturated rings. The molecular weight excluding hydrogens is 564 g/mol. The van der Waals surface area contributed by atoms with Gasteiger partial charge in [-0.2, -0.15) is 0 Å². The van der Waals surface area contributed by atoms with Crippen LogP contribution in [0.25, 0.3) is 73.0 Å². The molecule has 0 N–H and O–H groups in total. The van der Waals surface area contributed by atoms with Crippen LogP contribution in [0.2, 0.25) is 0 Å². The van der Waals surface area contributed by atoms with Crippen LogP contribution in [0.4, 0.5) is 0 Å². The Morgan fingerprint density at radius 1 is 0.500 bits per heavy atom. The number of rotatable bonds is 4. The molecule has 8 aromatic rings. The lowest BCUT2D eigenvalue weighted by Crippen LogP contribution is -2.15. The average Bonchev–Trinajstić information content (AvgIpc) is 3.57. The van der Waals surface area contributed by atoms with E-state index in [4.69, 9.17) is 24.9 Å². The van der Waals surface area contributed by atoms with Crippen molar-refractivity contribution in [1.82, 2.24) is 29.5 Å². The highest BCUT2D eigenvalue weighted by Crippen LogP contribution is 2.53. The van der Waals surface area contributed by atoms with E-state index in [0.29, 0.717) is 23.4 Å². The zero-order valence-electron chi connectivity index (χ0n) is 25.4. The first kappa shape index (κ1) is 26.4. The van der Waals surface area contributed by atoms with Crippen LogP contribution < -0.4 is 0 Å². The van der Waals surface area contributed by atoms with Crippen molar-refractivity contribution in [3.8, 4) is 51.2 Å². The van der Waals surface area contributed by atoms with Crippen LogP contribution in [0, 0.1) is 0 Å². The third-order valence-corrected chi connectivity index (χ3v) is 9.15. The quantitative estimate of drug-likeness (QED) is 0.204. The summed E-state index contributed by atoms with van der Waals surface area (Å²) in [5, 5.41) is 2.44. The molecule has 0 unspecified atom stereocenters. The standard InChI is InChI=1S/C40H28N6/c1-40(2)31-19-11-9-17-28(31)29-21-22-33-34(35(29)40)30-18-10-12-20-32(30)46(33)39-41-23-27(24-42-39)38-44-36(25-13-5-3-6-14-25)43-37(45-38)26-15-7-4-8-16-26/h3-24H,1-2H3. The first-order valence-electron chi connectivity index (χ1n) is 15.4. The minimum absolute atomic E-state index is 0.142. The zero-order valence-corrected chi connectivity index (χ0v) is 25.4. The smallest absolute Gasteiger partial charge is 0.234 e. The minimum Gasteiger partial charge on any atom is -0.278 e. The van der Waals surface area contributed by atoms with Crippen molar-refractivity contribution in [2.45, 2.75) is 19.3 Å². The van der Waals surface area contributed by atoms with E-state index in [9.17, 15) is 0 Å². The molecule has 0 atom stereocenters. The lowest BCUT2D eigenvalue weighted by molar-refractivity contribution is 0.666. The van der Waals surface area contributed by atoms with Crippen LogP contribution in [-0.2, 0) is 5.41 Å². The van der Waals surface area contributed by atoms with Gasteiger partial charge in [0.25, 0.3) is 0 Å². The van der Waals surface area contributed by atoms with Crippen molar-refractivity contribution in [3.63, 3.8) is 0 Å². The Morgan fingerprint density at radius 3 is 1.74 bits per heavy atom. The van der Waals surface area contributed by atoms with E-state index in [1.54, 1.807) is 0 Å². The second-order valence-corrected chi connectivity index (χ2v) is 12.2. The van der Waals surface area contributed by atoms with Crippen LogP contribution in [0.15, 0.2) is 134 Å². The molecule has 0 saturated heterocycles. The van der Waals surface area contributed by atoms with E-state index in [-0.39, 0.29) is 5.41 Å². The van der Waals surface area contributed by atoms with Crippen LogP contribution >= 0.6 is 0 Å². The van der Waals surface area contributed by atoms with Crippen molar-refractivity contribution < 1.29 is 0 Å². The van der Waals surface area contributed by atoms with Crippen molar-refractivity contribution >= 4 is 21.8 Å². The van der Waals surface area contributed by atoms with Gasteiger partial charge in [0.05, 0.1) is 16.6 Å². The fraction of sp³-hybridized carbons (Fsp3) is 0.0750. The van der Waals surface area contributed by atoms with Crippen LogP contribution in [0.3, 0.4) is 0 Å². The number of hydrogen-bond acceptors (Lipinski definition) is 5. The lowest BCUT2D eigenvalue weighted by atomic mass is 9.80. The van der Waals surface area contributed by atoms with E-state index < -0.39 is 0 Å². The van der Waals surface area contributed by atoms with E-state index in [1.807, 2.05) is 73.1 Å². The second kappa shape index (κ2) is 10.0. The third kappa shape index (κ3) is 3.93. The van der Waals surface area contributed by atoms with E-state index in [1.165, 1.54) is 33.0 Å². The van der Waals surface area contributed by atoms with Crippen molar-refractivity contribution in [3.05, 3.63) is 145 Å². The summed E-state index contributed by atoms with van der Waals surface area (Å²) in [4.78, 5) is 24.4. The summed E-state index contributed by atoms with van der Waals surface area (Å²) < 4.78 is 2.17. The van der Waals surface area contributed by atoms with Crippen LogP contribution in [0.1, 0.15) is 25.0 Å². The number of nitrogens with zero attached hydrogens (tertiary/aromatic N) is 6. The number of hydrogen-bond donors (Lipinski definition) is 0. The predicted molar refractivity (Wildman–Crippen MR) is 184 cm³/mol. The molecule has 1 aliphatic rings. The first-order valence-corrected chi connectivity index (χ1v) is 15.4. The van der Waals surface area contributed by atoms with Gasteiger partial charge in [-0.15, -0.1) is 0 Å². The molecule has 218 valence electrons. The van der Waals surface area contributed by atoms with Crippen LogP contribution in [-0.4, -0.2) is 29.5 Å². The average molecular weight is 593 g/mol. The number of para-hydroxylation sites is 1. The maximum Gasteiger partial charge on any atom is 0.234 e. The molecule has 0 saturated carbocycles. The fourth-order valence-electron chi connectivity index (χ4n) is 7.04. The normalized spacial score (nSPS) is 13.2. The van der Waals surface area contributed by atoms with Gasteiger partial charge in [-0.1, -0.05) is 123 Å². The van der Waals surface area contributed by atoms with Gasteiger partial charge in [-0.25, -0.2) is 24.9 Å². The molecule has 3 aromatic heterocycles. The molecular formula is C40H28N6. The van der Waals surface area contributed by atoms with E-state index in [0.717, 1.165) is 27.7 Å². The van der Waals surface area contributed by atoms with Gasteiger partial charge in [0.15, 0.2) is 17.5 Å². The van der Waals surface area contributed by atoms with E-state index >= 15 is 0 Å². The number of benzene rings is 5. The molecule has 0 amide bonds. The fourth-order valence-corrected chi connectivity index (χ4v) is 7.04. The summed E-state index contributed by atoms with van der Waals surface area (Å²) >= 11 is 0. The third-order valence-electron chi connectivity index (χ3n) is 9.15. The maximum atomic E-state index is 4.92. The Kier molecular flexibility index (Phi) is 5.74. The Balaban J connectivity index is 1.21. The summed E-state index contributed by atoms with van der Waals surface area (Å²) in [5.41, 5.74) is 9.90. The summed E-state index contributed by atoms with van der Waals surface area (Å²) in [5.74, 6) is 2.34. The molecule has 6 nitrogen and oxygen atoms in total. The molecule has 1 aliphatic carbocycles. The SMILES string of the molecule is CC1(C)c2ccccc2-c2ccc3c(c21)c1ccccc1n3-c1ncc(-c2nc(-c3ccccc3)nc(-c3ccccc3)n2)cn1. The predicted octanol–water partition coefficient (Wildman–Crippen LogP) is 9.07. The lowest BCUT2D eigenvalue weighted by Gasteiger charge is -2.22. The summed E-state index contributed by atoms with van der Waals surface area (Å²) in [6.07, 6.45) is 3.63. The van der Waals surface area contributed by atoms with Crippen molar-refractivity contribution in [2.24, 2.45) is 0 Å². The molecule has 0 bridgehead atoms. The molecule has 0 spiro atoms. The maximum absolute atomic E-state index is 4.92. The van der Waals surface area contributed by atoms with E-state index in [2.05, 4.69) is 79.1 Å². The summed E-state index contributed by atoms with van der Waals surface area (Å²) in [7, 11) is 0. The van der Waals surface area contributed by atoms with Gasteiger partial charge < -0.3 is 0 Å². The monoisotopic (exact) mass is 592 g/mol. The molecule has 9 rings (SSSR count). The number of aromatic nitrogens is 6. The van der Waals surface area contributed by atoms with Gasteiger partial charge in [0.2, 0.25) is 5.95 Å². The highest BCUT2D eigenvalue weighted by molar-refractivity contribution is 6.14. The van der Waals surface area contributed by atoms with Crippen LogP contribution in [0.5, 0.6) is 0 Å². The van der Waals surface area contributed by atoms with Crippen molar-refractivity contribution in [1.29, 1.82) is 0 Å². The van der Waals surface area contributed by atoms with Gasteiger partial charge in [0, 0.05) is 39.7 Å². The summed E-state index contributed by atoms with van der Waals surface area (Å²) in [6.45, 7) is 4.66. The van der Waals surface area contributed by atoms with Gasteiger partial charge in [-0.05, 0) is 34.4 Å². The topological polar surface area (TPSA) is 69.4 Å². The minimum atomic E-state index is -0.142. The molecule has 0 radical (unpaired) electrons. The Labute approximate surface area is 266 Å². The number of fused-ring (bicyclic) bond motifs is 7. The highest BCUT2D eigenvalue weighted by Gasteiger charge is 2.38. The van der Waals surface area contributed by atoms with Gasteiger partial charge >= 0.3 is 0 Å².